The van der Waals surface area contributed by atoms with Crippen LogP contribution in [0.2, 0.25) is 0 Å². The first kappa shape index (κ1) is 14.0. The van der Waals surface area contributed by atoms with Crippen molar-refractivity contribution in [2.24, 2.45) is 5.73 Å². The van der Waals surface area contributed by atoms with Crippen LogP contribution in [0.25, 0.3) is 0 Å². The third-order valence-electron chi connectivity index (χ3n) is 3.79. The van der Waals surface area contributed by atoms with E-state index in [9.17, 15) is 14.4 Å². The fraction of sp³-hybridized carbons (Fsp3) is 0.750. The van der Waals surface area contributed by atoms with Crippen molar-refractivity contribution in [3.05, 3.63) is 0 Å². The molecule has 0 aromatic heterocycles. The molecule has 2 aliphatic heterocycles. The molecule has 0 aliphatic carbocycles. The molecule has 1 atom stereocenters. The van der Waals surface area contributed by atoms with E-state index < -0.39 is 11.6 Å². The van der Waals surface area contributed by atoms with Crippen molar-refractivity contribution >= 4 is 17.7 Å². The van der Waals surface area contributed by atoms with E-state index in [0.717, 1.165) is 4.90 Å². The number of nitrogens with zero attached hydrogens (tertiary/aromatic N) is 1. The van der Waals surface area contributed by atoms with Gasteiger partial charge in [0.2, 0.25) is 11.8 Å². The number of hydrogen-bond donors (Lipinski definition) is 2. The Kier molecular flexibility index (Phi) is 3.86. The second-order valence-electron chi connectivity index (χ2n) is 5.12. The zero-order chi connectivity index (χ0) is 14.0. The molecule has 19 heavy (non-hydrogen) atoms. The summed E-state index contributed by atoms with van der Waals surface area (Å²) in [6.45, 7) is 0.891. The first-order chi connectivity index (χ1) is 8.94. The maximum absolute atomic E-state index is 12.2. The van der Waals surface area contributed by atoms with Gasteiger partial charge in [0.05, 0.1) is 5.54 Å². The van der Waals surface area contributed by atoms with Gasteiger partial charge in [-0.15, -0.1) is 0 Å². The second-order valence-corrected chi connectivity index (χ2v) is 5.12. The van der Waals surface area contributed by atoms with Crippen molar-refractivity contribution in [1.82, 2.24) is 10.2 Å². The van der Waals surface area contributed by atoms with Gasteiger partial charge >= 0.3 is 0 Å². The summed E-state index contributed by atoms with van der Waals surface area (Å²) in [5.74, 6) is -0.929. The molecule has 0 bridgehead atoms. The van der Waals surface area contributed by atoms with Crippen LogP contribution in [-0.4, -0.2) is 54.5 Å². The maximum atomic E-state index is 12.2. The highest BCUT2D eigenvalue weighted by Crippen LogP contribution is 2.19. The van der Waals surface area contributed by atoms with Crippen LogP contribution in [0.4, 0.5) is 0 Å². The van der Waals surface area contributed by atoms with Gasteiger partial charge in [-0.3, -0.25) is 19.3 Å². The Morgan fingerprint density at radius 3 is 2.68 bits per heavy atom. The van der Waals surface area contributed by atoms with Gasteiger partial charge in [0, 0.05) is 26.7 Å². The SMILES string of the molecule is CN1C(=O)CCC(NC(=O)C2(N)CCOCC2)C1=O. The molecule has 3 amide bonds. The fourth-order valence-electron chi connectivity index (χ4n) is 2.31. The van der Waals surface area contributed by atoms with Gasteiger partial charge in [0.1, 0.15) is 6.04 Å². The molecule has 0 spiro atoms. The number of likely N-dealkylation sites (N-methyl/N-ethyl adjacent to an activating group) is 1. The Labute approximate surface area is 111 Å². The molecule has 106 valence electrons. The Bertz CT molecular complexity index is 404. The lowest BCUT2D eigenvalue weighted by atomic mass is 9.89. The molecule has 2 saturated heterocycles. The van der Waals surface area contributed by atoms with Crippen molar-refractivity contribution in [3.63, 3.8) is 0 Å². The molecule has 0 aromatic rings. The molecular weight excluding hydrogens is 250 g/mol. The molecule has 7 nitrogen and oxygen atoms in total. The van der Waals surface area contributed by atoms with Crippen LogP contribution in [0, 0.1) is 0 Å². The Morgan fingerprint density at radius 2 is 2.05 bits per heavy atom. The number of carbonyl (C=O) groups excluding carboxylic acids is 3. The lowest BCUT2D eigenvalue weighted by molar-refractivity contribution is -0.150. The van der Waals surface area contributed by atoms with Crippen molar-refractivity contribution < 1.29 is 19.1 Å². The minimum absolute atomic E-state index is 0.218. The minimum Gasteiger partial charge on any atom is -0.381 e. The van der Waals surface area contributed by atoms with Crippen LogP contribution in [0.5, 0.6) is 0 Å². The van der Waals surface area contributed by atoms with Gasteiger partial charge in [-0.2, -0.15) is 0 Å². The van der Waals surface area contributed by atoms with Gasteiger partial charge in [0.25, 0.3) is 5.91 Å². The van der Waals surface area contributed by atoms with Crippen molar-refractivity contribution in [2.45, 2.75) is 37.3 Å². The van der Waals surface area contributed by atoms with Crippen LogP contribution >= 0.6 is 0 Å². The molecule has 2 rings (SSSR count). The fourth-order valence-corrected chi connectivity index (χ4v) is 2.31. The van der Waals surface area contributed by atoms with E-state index in [1.807, 2.05) is 0 Å². The van der Waals surface area contributed by atoms with E-state index in [2.05, 4.69) is 5.32 Å². The Hall–Kier alpha value is -1.47. The molecule has 2 fully saturated rings. The quantitative estimate of drug-likeness (QED) is 0.610. The van der Waals surface area contributed by atoms with Crippen molar-refractivity contribution in [3.8, 4) is 0 Å². The number of nitrogens with one attached hydrogen (secondary N) is 1. The van der Waals surface area contributed by atoms with Crippen LogP contribution in [0.3, 0.4) is 0 Å². The Balaban J connectivity index is 1.99. The van der Waals surface area contributed by atoms with Gasteiger partial charge in [-0.05, 0) is 19.3 Å². The first-order valence-corrected chi connectivity index (χ1v) is 6.42. The first-order valence-electron chi connectivity index (χ1n) is 6.42. The van der Waals surface area contributed by atoms with Crippen LogP contribution in [0.15, 0.2) is 0 Å². The second kappa shape index (κ2) is 5.26. The van der Waals surface area contributed by atoms with Crippen molar-refractivity contribution in [2.75, 3.05) is 20.3 Å². The molecule has 0 radical (unpaired) electrons. The highest BCUT2D eigenvalue weighted by atomic mass is 16.5. The summed E-state index contributed by atoms with van der Waals surface area (Å²) in [7, 11) is 1.43. The summed E-state index contributed by atoms with van der Waals surface area (Å²) in [6.07, 6.45) is 1.47. The summed E-state index contributed by atoms with van der Waals surface area (Å²) in [5.41, 5.74) is 5.07. The van der Waals surface area contributed by atoms with Crippen LogP contribution in [-0.2, 0) is 19.1 Å². The average Bonchev–Trinajstić information content (AvgIpc) is 2.40. The normalized spacial score (nSPS) is 27.3. The topological polar surface area (TPSA) is 102 Å². The van der Waals surface area contributed by atoms with Crippen LogP contribution < -0.4 is 11.1 Å². The number of ether oxygens (including phenoxy) is 1. The standard InChI is InChI=1S/C12H19N3O4/c1-15-9(16)3-2-8(10(15)17)14-11(18)12(13)4-6-19-7-5-12/h8H,2-7,13H2,1H3,(H,14,18). The predicted octanol–water partition coefficient (Wildman–Crippen LogP) is -1.24. The summed E-state index contributed by atoms with van der Waals surface area (Å²) in [4.78, 5) is 36.5. The average molecular weight is 269 g/mol. The molecule has 1 unspecified atom stereocenters. The van der Waals surface area contributed by atoms with Gasteiger partial charge < -0.3 is 15.8 Å². The van der Waals surface area contributed by atoms with Gasteiger partial charge in [0.15, 0.2) is 0 Å². The minimum atomic E-state index is -0.974. The zero-order valence-electron chi connectivity index (χ0n) is 11.0. The summed E-state index contributed by atoms with van der Waals surface area (Å²) in [5, 5.41) is 2.67. The number of imide groups is 1. The van der Waals surface area contributed by atoms with Gasteiger partial charge in [-0.1, -0.05) is 0 Å². The van der Waals surface area contributed by atoms with E-state index in [0.29, 0.717) is 32.5 Å². The summed E-state index contributed by atoms with van der Waals surface area (Å²) >= 11 is 0. The maximum Gasteiger partial charge on any atom is 0.251 e. The largest absolute Gasteiger partial charge is 0.381 e. The number of piperidine rings is 1. The third-order valence-corrected chi connectivity index (χ3v) is 3.79. The highest BCUT2D eigenvalue weighted by molar-refractivity contribution is 6.02. The van der Waals surface area contributed by atoms with Crippen LogP contribution in [0.1, 0.15) is 25.7 Å². The lowest BCUT2D eigenvalue weighted by Crippen LogP contribution is -2.62. The molecule has 2 aliphatic rings. The number of amides is 3. The van der Waals surface area contributed by atoms with E-state index in [4.69, 9.17) is 10.5 Å². The number of carbonyl (C=O) groups is 3. The summed E-state index contributed by atoms with van der Waals surface area (Å²) < 4.78 is 5.18. The van der Waals surface area contributed by atoms with E-state index in [-0.39, 0.29) is 24.1 Å². The highest BCUT2D eigenvalue weighted by Gasteiger charge is 2.40. The third kappa shape index (κ3) is 2.76. The smallest absolute Gasteiger partial charge is 0.251 e. The Morgan fingerprint density at radius 1 is 1.42 bits per heavy atom. The molecule has 3 N–H and O–H groups in total. The molecule has 0 saturated carbocycles. The van der Waals surface area contributed by atoms with E-state index in [1.54, 1.807) is 0 Å². The number of rotatable bonds is 2. The van der Waals surface area contributed by atoms with Crippen molar-refractivity contribution in [1.29, 1.82) is 0 Å². The monoisotopic (exact) mass is 269 g/mol. The number of nitrogens with two attached hydrogens (primary N) is 1. The van der Waals surface area contributed by atoms with Gasteiger partial charge in [-0.25, -0.2) is 0 Å². The molecular formula is C12H19N3O4. The number of likely N-dealkylation sites (tertiary alicyclic amines) is 1. The van der Waals surface area contributed by atoms with E-state index >= 15 is 0 Å². The summed E-state index contributed by atoms with van der Waals surface area (Å²) in [6, 6.07) is -0.654. The molecule has 7 heteroatoms. The predicted molar refractivity (Wildman–Crippen MR) is 65.9 cm³/mol. The number of hydrogen-bond acceptors (Lipinski definition) is 5. The zero-order valence-corrected chi connectivity index (χ0v) is 11.0. The molecule has 0 aromatic carbocycles. The lowest BCUT2D eigenvalue weighted by Gasteiger charge is -2.35. The molecule has 2 heterocycles. The van der Waals surface area contributed by atoms with E-state index in [1.165, 1.54) is 7.05 Å².